The summed E-state index contributed by atoms with van der Waals surface area (Å²) in [5.41, 5.74) is 2.51. The van der Waals surface area contributed by atoms with Crippen molar-refractivity contribution in [2.24, 2.45) is 0 Å². The Balaban J connectivity index is 2.34. The Kier molecular flexibility index (Phi) is 1.55. The summed E-state index contributed by atoms with van der Waals surface area (Å²) in [6.07, 6.45) is 0.143. The van der Waals surface area contributed by atoms with Gasteiger partial charge >= 0.3 is 0 Å². The quantitative estimate of drug-likeness (QED) is 0.579. The molecule has 0 spiro atoms. The molecule has 1 heterocycles. The number of para-hydroxylation sites is 1. The van der Waals surface area contributed by atoms with Crippen LogP contribution in [-0.4, -0.2) is 6.17 Å². The molecule has 1 aromatic carbocycles. The van der Waals surface area contributed by atoms with Crippen molar-refractivity contribution in [3.05, 3.63) is 36.8 Å². The maximum atomic E-state index is 3.87. The van der Waals surface area contributed by atoms with E-state index in [0.29, 0.717) is 0 Å². The first kappa shape index (κ1) is 6.68. The number of hydrogen-bond donors (Lipinski definition) is 2. The summed E-state index contributed by atoms with van der Waals surface area (Å²) in [7, 11) is 0. The minimum absolute atomic E-state index is 0.143. The topological polar surface area (TPSA) is 24.1 Å². The molecule has 0 bridgehead atoms. The van der Waals surface area contributed by atoms with Crippen LogP contribution >= 0.6 is 0 Å². The van der Waals surface area contributed by atoms with Crippen molar-refractivity contribution in [3.63, 3.8) is 0 Å². The van der Waals surface area contributed by atoms with Gasteiger partial charge in [0.15, 0.2) is 0 Å². The lowest BCUT2D eigenvalue weighted by molar-refractivity contribution is 0.618. The third-order valence-corrected chi connectivity index (χ3v) is 1.89. The highest BCUT2D eigenvalue weighted by Crippen LogP contribution is 2.18. The molecule has 2 nitrogen and oxygen atoms in total. The Morgan fingerprint density at radius 3 is 3.09 bits per heavy atom. The highest BCUT2D eigenvalue weighted by molar-refractivity contribution is 5.53. The zero-order valence-electron chi connectivity index (χ0n) is 6.30. The highest BCUT2D eigenvalue weighted by Gasteiger charge is 2.10. The largest absolute Gasteiger partial charge is 0.370 e. The van der Waals surface area contributed by atoms with Crippen LogP contribution in [0.1, 0.15) is 5.56 Å². The summed E-state index contributed by atoms with van der Waals surface area (Å²) in [5.74, 6) is 0. The van der Waals surface area contributed by atoms with Crippen LogP contribution in [0.5, 0.6) is 0 Å². The van der Waals surface area contributed by atoms with Gasteiger partial charge in [0.2, 0.25) is 0 Å². The Morgan fingerprint density at radius 1 is 1.36 bits per heavy atom. The minimum atomic E-state index is 0.143. The minimum Gasteiger partial charge on any atom is -0.370 e. The van der Waals surface area contributed by atoms with Crippen LogP contribution in [0.3, 0.4) is 0 Å². The fourth-order valence-corrected chi connectivity index (χ4v) is 1.29. The van der Waals surface area contributed by atoms with E-state index in [9.17, 15) is 0 Å². The highest BCUT2D eigenvalue weighted by atomic mass is 15.1. The first-order valence-corrected chi connectivity index (χ1v) is 3.77. The van der Waals surface area contributed by atoms with E-state index in [4.69, 9.17) is 0 Å². The van der Waals surface area contributed by atoms with Gasteiger partial charge in [0.05, 0.1) is 6.17 Å². The lowest BCUT2D eigenvalue weighted by atomic mass is 10.1. The second kappa shape index (κ2) is 2.55. The molecular formula is C9H11N2. The SMILES string of the molecule is [CH2]C1NCc2ccccc2N1. The van der Waals surface area contributed by atoms with Crippen molar-refractivity contribution in [2.75, 3.05) is 5.32 Å². The predicted octanol–water partition coefficient (Wildman–Crippen LogP) is 1.36. The second-order valence-electron chi connectivity index (χ2n) is 2.73. The monoisotopic (exact) mass is 147 g/mol. The van der Waals surface area contributed by atoms with Gasteiger partial charge in [0.25, 0.3) is 0 Å². The number of fused-ring (bicyclic) bond motifs is 1. The summed E-state index contributed by atoms with van der Waals surface area (Å²) >= 11 is 0. The summed E-state index contributed by atoms with van der Waals surface area (Å²) < 4.78 is 0. The number of rotatable bonds is 0. The van der Waals surface area contributed by atoms with E-state index in [1.165, 1.54) is 11.3 Å². The molecule has 1 aliphatic heterocycles. The molecule has 0 saturated heterocycles. The van der Waals surface area contributed by atoms with E-state index in [2.05, 4.69) is 29.7 Å². The smallest absolute Gasteiger partial charge is 0.0772 e. The van der Waals surface area contributed by atoms with Crippen molar-refractivity contribution in [3.8, 4) is 0 Å². The fraction of sp³-hybridized carbons (Fsp3) is 0.222. The first-order valence-electron chi connectivity index (χ1n) is 3.77. The molecule has 57 valence electrons. The molecule has 11 heavy (non-hydrogen) atoms. The van der Waals surface area contributed by atoms with Crippen molar-refractivity contribution < 1.29 is 0 Å². The summed E-state index contributed by atoms with van der Waals surface area (Å²) in [6.45, 7) is 4.79. The van der Waals surface area contributed by atoms with Crippen LogP contribution in [0.15, 0.2) is 24.3 Å². The summed E-state index contributed by atoms with van der Waals surface area (Å²) in [5, 5.41) is 6.45. The Hall–Kier alpha value is -1.02. The Bertz CT molecular complexity index is 257. The molecule has 2 heteroatoms. The average molecular weight is 147 g/mol. The van der Waals surface area contributed by atoms with Crippen molar-refractivity contribution in [2.45, 2.75) is 12.7 Å². The zero-order chi connectivity index (χ0) is 7.68. The molecule has 0 saturated carbocycles. The van der Waals surface area contributed by atoms with Crippen molar-refractivity contribution in [1.29, 1.82) is 0 Å². The van der Waals surface area contributed by atoms with Crippen LogP contribution in [-0.2, 0) is 6.54 Å². The third-order valence-electron chi connectivity index (χ3n) is 1.89. The van der Waals surface area contributed by atoms with Crippen LogP contribution in [0, 0.1) is 6.92 Å². The Morgan fingerprint density at radius 2 is 2.18 bits per heavy atom. The van der Waals surface area contributed by atoms with E-state index < -0.39 is 0 Å². The van der Waals surface area contributed by atoms with E-state index in [-0.39, 0.29) is 6.17 Å². The molecule has 0 aromatic heterocycles. The van der Waals surface area contributed by atoms with Gasteiger partial charge < -0.3 is 5.32 Å². The third kappa shape index (κ3) is 1.21. The standard InChI is InChI=1S/C9H11N2/c1-7-10-6-8-4-2-3-5-9(8)11-7/h2-5,7,10-11H,1,6H2. The van der Waals surface area contributed by atoms with Crippen molar-refractivity contribution in [1.82, 2.24) is 5.32 Å². The molecule has 0 fully saturated rings. The fourth-order valence-electron chi connectivity index (χ4n) is 1.29. The molecule has 1 aromatic rings. The summed E-state index contributed by atoms with van der Waals surface area (Å²) in [6, 6.07) is 8.27. The van der Waals surface area contributed by atoms with Gasteiger partial charge in [-0.2, -0.15) is 0 Å². The molecule has 2 N–H and O–H groups in total. The maximum absolute atomic E-state index is 3.87. The molecule has 0 amide bonds. The van der Waals surface area contributed by atoms with Crippen LogP contribution in [0.25, 0.3) is 0 Å². The molecule has 1 unspecified atom stereocenters. The molecule has 1 atom stereocenters. The molecule has 1 aliphatic rings. The van der Waals surface area contributed by atoms with Gasteiger partial charge in [-0.1, -0.05) is 18.2 Å². The normalized spacial score (nSPS) is 22.1. The average Bonchev–Trinajstić information content (AvgIpc) is 2.04. The van der Waals surface area contributed by atoms with Gasteiger partial charge in [0, 0.05) is 12.2 Å². The predicted molar refractivity (Wildman–Crippen MR) is 46.0 cm³/mol. The van der Waals surface area contributed by atoms with Gasteiger partial charge in [-0.05, 0) is 18.6 Å². The molecule has 2 rings (SSSR count). The maximum Gasteiger partial charge on any atom is 0.0772 e. The van der Waals surface area contributed by atoms with Crippen LogP contribution in [0.4, 0.5) is 5.69 Å². The van der Waals surface area contributed by atoms with E-state index >= 15 is 0 Å². The number of anilines is 1. The number of hydrogen-bond acceptors (Lipinski definition) is 2. The van der Waals surface area contributed by atoms with E-state index in [0.717, 1.165) is 6.54 Å². The Labute approximate surface area is 66.6 Å². The summed E-state index contributed by atoms with van der Waals surface area (Å²) in [4.78, 5) is 0. The van der Waals surface area contributed by atoms with Crippen molar-refractivity contribution >= 4 is 5.69 Å². The zero-order valence-corrected chi connectivity index (χ0v) is 6.30. The van der Waals surface area contributed by atoms with Gasteiger partial charge in [-0.15, -0.1) is 0 Å². The number of nitrogens with one attached hydrogen (secondary N) is 2. The van der Waals surface area contributed by atoms with Gasteiger partial charge in [-0.3, -0.25) is 5.32 Å². The lowest BCUT2D eigenvalue weighted by Gasteiger charge is -2.24. The molecule has 0 aliphatic carbocycles. The lowest BCUT2D eigenvalue weighted by Crippen LogP contribution is -2.37. The number of benzene rings is 1. The van der Waals surface area contributed by atoms with Gasteiger partial charge in [0.1, 0.15) is 0 Å². The molecular weight excluding hydrogens is 136 g/mol. The molecule has 1 radical (unpaired) electrons. The van der Waals surface area contributed by atoms with Gasteiger partial charge in [-0.25, -0.2) is 0 Å². The van der Waals surface area contributed by atoms with Crippen LogP contribution in [0.2, 0.25) is 0 Å². The first-order chi connectivity index (χ1) is 5.36. The van der Waals surface area contributed by atoms with Crippen LogP contribution < -0.4 is 10.6 Å². The second-order valence-corrected chi connectivity index (χ2v) is 2.73. The van der Waals surface area contributed by atoms with E-state index in [1.54, 1.807) is 0 Å². The van der Waals surface area contributed by atoms with E-state index in [1.807, 2.05) is 12.1 Å².